The summed E-state index contributed by atoms with van der Waals surface area (Å²) < 4.78 is 39.3. The van der Waals surface area contributed by atoms with E-state index in [1.54, 1.807) is 6.92 Å². The van der Waals surface area contributed by atoms with Gasteiger partial charge in [-0.05, 0) is 32.4 Å². The first-order valence-electron chi connectivity index (χ1n) is 8.10. The third-order valence-corrected chi connectivity index (χ3v) is 4.57. The number of dihydropyridines is 1. The largest absolute Gasteiger partial charge is 0.466 e. The number of ether oxygens (including phenoxy) is 2. The molecule has 2 heterocycles. The first-order chi connectivity index (χ1) is 12.2. The highest BCUT2D eigenvalue weighted by atomic mass is 19.1. The maximum atomic E-state index is 14.8. The van der Waals surface area contributed by atoms with Gasteiger partial charge in [-0.1, -0.05) is 12.1 Å². The van der Waals surface area contributed by atoms with Crippen LogP contribution in [0.1, 0.15) is 37.8 Å². The Morgan fingerprint density at radius 1 is 1.38 bits per heavy atom. The molecule has 7 heteroatoms. The molecule has 138 valence electrons. The molecule has 0 aromatic heterocycles. The summed E-state index contributed by atoms with van der Waals surface area (Å²) in [4.78, 5) is 24.7. The van der Waals surface area contributed by atoms with Crippen molar-refractivity contribution in [2.45, 2.75) is 32.4 Å². The summed E-state index contributed by atoms with van der Waals surface area (Å²) >= 11 is 0. The van der Waals surface area contributed by atoms with Crippen LogP contribution in [0, 0.1) is 5.82 Å². The van der Waals surface area contributed by atoms with Gasteiger partial charge in [0.25, 0.3) is 0 Å². The average molecular weight is 363 g/mol. The Hall–Kier alpha value is -2.70. The number of nitrogens with one attached hydrogen (secondary N) is 1. The Labute approximate surface area is 149 Å². The van der Waals surface area contributed by atoms with Gasteiger partial charge in [0.2, 0.25) is 0 Å². The number of halogens is 2. The van der Waals surface area contributed by atoms with E-state index in [0.717, 1.165) is 6.07 Å². The van der Waals surface area contributed by atoms with Gasteiger partial charge in [-0.15, -0.1) is 0 Å². The molecule has 0 saturated carbocycles. The van der Waals surface area contributed by atoms with Gasteiger partial charge in [-0.3, -0.25) is 0 Å². The van der Waals surface area contributed by atoms with Crippen LogP contribution in [-0.2, 0) is 24.7 Å². The summed E-state index contributed by atoms with van der Waals surface area (Å²) in [6.45, 7) is 4.12. The maximum Gasteiger partial charge on any atom is 0.337 e. The molecule has 1 unspecified atom stereocenters. The molecule has 0 fully saturated rings. The van der Waals surface area contributed by atoms with E-state index >= 15 is 0 Å². The highest BCUT2D eigenvalue weighted by Crippen LogP contribution is 2.45. The van der Waals surface area contributed by atoms with Gasteiger partial charge in [0.15, 0.2) is 0 Å². The topological polar surface area (TPSA) is 64.6 Å². The van der Waals surface area contributed by atoms with Crippen molar-refractivity contribution in [1.29, 1.82) is 0 Å². The van der Waals surface area contributed by atoms with Gasteiger partial charge >= 0.3 is 11.9 Å². The lowest BCUT2D eigenvalue weighted by Gasteiger charge is -2.30. The van der Waals surface area contributed by atoms with Crippen molar-refractivity contribution < 1.29 is 27.8 Å². The van der Waals surface area contributed by atoms with E-state index in [1.807, 2.05) is 0 Å². The quantitative estimate of drug-likeness (QED) is 0.837. The predicted molar refractivity (Wildman–Crippen MR) is 89.1 cm³/mol. The van der Waals surface area contributed by atoms with Gasteiger partial charge in [0.05, 0.1) is 29.9 Å². The zero-order chi connectivity index (χ0) is 19.2. The average Bonchev–Trinajstić information content (AvgIpc) is 2.92. The number of alkyl halides is 1. The molecule has 26 heavy (non-hydrogen) atoms. The number of methoxy groups -OCH3 is 1. The number of allylic oxidation sites excluding steroid dienone is 1. The van der Waals surface area contributed by atoms with E-state index in [9.17, 15) is 18.4 Å². The van der Waals surface area contributed by atoms with Crippen molar-refractivity contribution in [1.82, 2.24) is 5.32 Å². The number of hydrogen-bond donors (Lipinski definition) is 1. The zero-order valence-corrected chi connectivity index (χ0v) is 14.9. The summed E-state index contributed by atoms with van der Waals surface area (Å²) in [5.41, 5.74) is -0.793. The first-order valence-corrected chi connectivity index (χ1v) is 8.10. The highest BCUT2D eigenvalue weighted by Gasteiger charge is 2.44. The minimum absolute atomic E-state index is 0.0140. The van der Waals surface area contributed by atoms with E-state index in [2.05, 4.69) is 5.32 Å². The van der Waals surface area contributed by atoms with Crippen molar-refractivity contribution in [2.75, 3.05) is 13.7 Å². The fourth-order valence-electron chi connectivity index (χ4n) is 3.57. The molecule has 1 aromatic carbocycles. The van der Waals surface area contributed by atoms with Gasteiger partial charge in [0, 0.05) is 11.3 Å². The summed E-state index contributed by atoms with van der Waals surface area (Å²) in [7, 11) is 1.21. The van der Waals surface area contributed by atoms with Crippen LogP contribution in [0.15, 0.2) is 40.7 Å². The minimum atomic E-state index is -2.02. The summed E-state index contributed by atoms with van der Waals surface area (Å²) in [5.74, 6) is -3.03. The summed E-state index contributed by atoms with van der Waals surface area (Å²) in [5, 5.41) is 2.97. The van der Waals surface area contributed by atoms with E-state index in [1.165, 1.54) is 33.1 Å². The number of rotatable bonds is 3. The lowest BCUT2D eigenvalue weighted by atomic mass is 9.76. The molecule has 0 aliphatic carbocycles. The van der Waals surface area contributed by atoms with Crippen LogP contribution >= 0.6 is 0 Å². The number of carbonyl (C=O) groups excluding carboxylic acids is 2. The van der Waals surface area contributed by atoms with Crippen LogP contribution in [0.2, 0.25) is 0 Å². The van der Waals surface area contributed by atoms with Crippen LogP contribution < -0.4 is 5.32 Å². The fourth-order valence-corrected chi connectivity index (χ4v) is 3.57. The number of hydrogen-bond acceptors (Lipinski definition) is 5. The Morgan fingerprint density at radius 3 is 2.69 bits per heavy atom. The van der Waals surface area contributed by atoms with Crippen LogP contribution in [-0.4, -0.2) is 25.7 Å². The molecule has 3 rings (SSSR count). The molecule has 0 bridgehead atoms. The molecule has 0 saturated heterocycles. The lowest BCUT2D eigenvalue weighted by molar-refractivity contribution is -0.136. The number of carbonyl (C=O) groups is 2. The van der Waals surface area contributed by atoms with Crippen LogP contribution in [0.25, 0.3) is 0 Å². The first kappa shape index (κ1) is 18.1. The molecule has 0 spiro atoms. The van der Waals surface area contributed by atoms with Gasteiger partial charge < -0.3 is 14.8 Å². The van der Waals surface area contributed by atoms with Crippen molar-refractivity contribution in [3.63, 3.8) is 0 Å². The van der Waals surface area contributed by atoms with Crippen molar-refractivity contribution in [3.05, 3.63) is 57.7 Å². The third kappa shape index (κ3) is 2.77. The fraction of sp³-hybridized carbons (Fsp3) is 0.368. The van der Waals surface area contributed by atoms with Gasteiger partial charge in [-0.2, -0.15) is 0 Å². The summed E-state index contributed by atoms with van der Waals surface area (Å²) in [6, 6.07) is 4.09. The number of benzene rings is 1. The van der Waals surface area contributed by atoms with E-state index in [4.69, 9.17) is 9.47 Å². The molecule has 1 atom stereocenters. The SMILES string of the molecule is COC(=O)C1=C(C)NC2=C(C(=O)OC2)C1c1cccc(F)c1C(C)(C)F. The third-order valence-electron chi connectivity index (χ3n) is 4.57. The Bertz CT molecular complexity index is 865. The van der Waals surface area contributed by atoms with E-state index < -0.39 is 29.3 Å². The van der Waals surface area contributed by atoms with Crippen LogP contribution in [0.4, 0.5) is 8.78 Å². The second-order valence-corrected chi connectivity index (χ2v) is 6.73. The monoisotopic (exact) mass is 363 g/mol. The minimum Gasteiger partial charge on any atom is -0.466 e. The molecular formula is C19H19F2NO4. The van der Waals surface area contributed by atoms with Crippen molar-refractivity contribution in [3.8, 4) is 0 Å². The molecule has 1 N–H and O–H groups in total. The number of esters is 2. The second kappa shape index (κ2) is 6.23. The smallest absolute Gasteiger partial charge is 0.337 e. The van der Waals surface area contributed by atoms with Crippen LogP contribution in [0.3, 0.4) is 0 Å². The van der Waals surface area contributed by atoms with Crippen molar-refractivity contribution in [2.24, 2.45) is 0 Å². The molecule has 0 amide bonds. The highest BCUT2D eigenvalue weighted by molar-refractivity contribution is 6.01. The number of cyclic esters (lactones) is 1. The molecule has 2 aliphatic heterocycles. The van der Waals surface area contributed by atoms with Crippen LogP contribution in [0.5, 0.6) is 0 Å². The van der Waals surface area contributed by atoms with Crippen molar-refractivity contribution >= 4 is 11.9 Å². The van der Waals surface area contributed by atoms with E-state index in [-0.39, 0.29) is 28.9 Å². The predicted octanol–water partition coefficient (Wildman–Crippen LogP) is 2.98. The standard InChI is InChI=1S/C19H19F2NO4/c1-9-13(17(23)25-4)14(15-12(22-9)8-26-18(15)24)10-6-5-7-11(20)16(10)19(2,3)21/h5-7,14,22H,8H2,1-4H3. The molecular weight excluding hydrogens is 344 g/mol. The summed E-state index contributed by atoms with van der Waals surface area (Å²) in [6.07, 6.45) is 0. The zero-order valence-electron chi connectivity index (χ0n) is 14.9. The normalized spacial score (nSPS) is 19.9. The molecule has 2 aliphatic rings. The van der Waals surface area contributed by atoms with Gasteiger partial charge in [-0.25, -0.2) is 18.4 Å². The molecule has 1 aromatic rings. The molecule has 5 nitrogen and oxygen atoms in total. The maximum absolute atomic E-state index is 14.8. The Kier molecular flexibility index (Phi) is 4.34. The Morgan fingerprint density at radius 2 is 2.08 bits per heavy atom. The Balaban J connectivity index is 2.32. The van der Waals surface area contributed by atoms with E-state index in [0.29, 0.717) is 11.4 Å². The van der Waals surface area contributed by atoms with Gasteiger partial charge in [0.1, 0.15) is 18.1 Å². The lowest BCUT2D eigenvalue weighted by Crippen LogP contribution is -2.31. The molecule has 0 radical (unpaired) electrons. The second-order valence-electron chi connectivity index (χ2n) is 6.73.